The molecule has 3 rings (SSSR count). The molecule has 25 heavy (non-hydrogen) atoms. The predicted octanol–water partition coefficient (Wildman–Crippen LogP) is 4.42. The molecule has 2 aromatic carbocycles. The molecule has 0 aliphatic rings. The van der Waals surface area contributed by atoms with Crippen molar-refractivity contribution in [3.8, 4) is 0 Å². The molecule has 0 spiro atoms. The Balaban J connectivity index is 1.97. The number of fused-ring (bicyclic) bond motifs is 2. The van der Waals surface area contributed by atoms with E-state index in [1.54, 1.807) is 6.07 Å². The summed E-state index contributed by atoms with van der Waals surface area (Å²) in [4.78, 5) is 15.1. The maximum absolute atomic E-state index is 13.7. The summed E-state index contributed by atoms with van der Waals surface area (Å²) in [7, 11) is 0. The second kappa shape index (κ2) is 7.79. The minimum Gasteiger partial charge on any atom is -0.340 e. The molecule has 3 nitrogen and oxygen atoms in total. The van der Waals surface area contributed by atoms with Crippen LogP contribution in [0.2, 0.25) is 0 Å². The summed E-state index contributed by atoms with van der Waals surface area (Å²) >= 11 is 0. The fourth-order valence-electron chi connectivity index (χ4n) is 3.49. The van der Waals surface area contributed by atoms with Gasteiger partial charge in [-0.05, 0) is 62.8 Å². The molecule has 3 aromatic rings. The second-order valence-electron chi connectivity index (χ2n) is 6.39. The van der Waals surface area contributed by atoms with Crippen molar-refractivity contribution < 1.29 is 4.39 Å². The summed E-state index contributed by atoms with van der Waals surface area (Å²) in [6.45, 7) is 8.41. The van der Waals surface area contributed by atoms with Crippen molar-refractivity contribution in [2.45, 2.75) is 33.2 Å². The smallest absolute Gasteiger partial charge is 0.197 e. The molecular weight excluding hydrogens is 315 g/mol. The summed E-state index contributed by atoms with van der Waals surface area (Å²) in [6.07, 6.45) is 2.13. The van der Waals surface area contributed by atoms with Crippen molar-refractivity contribution in [1.29, 1.82) is 0 Å². The molecular formula is C21H25FN2O. The molecule has 0 N–H and O–H groups in total. The maximum atomic E-state index is 13.7. The Morgan fingerprint density at radius 1 is 0.960 bits per heavy atom. The Hall–Kier alpha value is -2.20. The van der Waals surface area contributed by atoms with Crippen LogP contribution < -0.4 is 5.43 Å². The number of nitrogens with zero attached hydrogens (tertiary/aromatic N) is 2. The first-order valence-electron chi connectivity index (χ1n) is 9.08. The largest absolute Gasteiger partial charge is 0.340 e. The highest BCUT2D eigenvalue weighted by molar-refractivity contribution is 5.93. The fourth-order valence-corrected chi connectivity index (χ4v) is 3.49. The predicted molar refractivity (Wildman–Crippen MR) is 103 cm³/mol. The molecule has 0 saturated carbocycles. The highest BCUT2D eigenvalue weighted by atomic mass is 19.1. The molecule has 4 heteroatoms. The lowest BCUT2D eigenvalue weighted by Crippen LogP contribution is -2.24. The Morgan fingerprint density at radius 2 is 1.68 bits per heavy atom. The minimum atomic E-state index is -0.368. The first-order chi connectivity index (χ1) is 12.2. The van der Waals surface area contributed by atoms with Gasteiger partial charge in [0.05, 0.1) is 11.0 Å². The molecule has 0 saturated heterocycles. The van der Waals surface area contributed by atoms with E-state index in [1.807, 2.05) is 24.3 Å². The van der Waals surface area contributed by atoms with Crippen LogP contribution in [0.4, 0.5) is 4.39 Å². The van der Waals surface area contributed by atoms with Gasteiger partial charge in [0.15, 0.2) is 5.43 Å². The zero-order valence-corrected chi connectivity index (χ0v) is 15.0. The van der Waals surface area contributed by atoms with Gasteiger partial charge in [0.25, 0.3) is 0 Å². The highest BCUT2D eigenvalue weighted by Crippen LogP contribution is 2.20. The lowest BCUT2D eigenvalue weighted by Gasteiger charge is -2.19. The molecule has 0 radical (unpaired) electrons. The topological polar surface area (TPSA) is 25.2 Å². The van der Waals surface area contributed by atoms with Crippen LogP contribution in [-0.4, -0.2) is 29.1 Å². The third kappa shape index (κ3) is 3.59. The van der Waals surface area contributed by atoms with Crippen molar-refractivity contribution in [2.24, 2.45) is 0 Å². The molecule has 0 aliphatic heterocycles. The Labute approximate surface area is 147 Å². The molecule has 0 aliphatic carbocycles. The normalized spacial score (nSPS) is 11.7. The molecule has 0 atom stereocenters. The molecule has 0 amide bonds. The maximum Gasteiger partial charge on any atom is 0.197 e. The fraction of sp³-hybridized carbons (Fsp3) is 0.381. The van der Waals surface area contributed by atoms with E-state index < -0.39 is 0 Å². The monoisotopic (exact) mass is 340 g/mol. The summed E-state index contributed by atoms with van der Waals surface area (Å²) in [5.41, 5.74) is 1.65. The van der Waals surface area contributed by atoms with E-state index in [-0.39, 0.29) is 11.2 Å². The van der Waals surface area contributed by atoms with Crippen LogP contribution in [0.3, 0.4) is 0 Å². The summed E-state index contributed by atoms with van der Waals surface area (Å²) in [5.74, 6) is -0.368. The van der Waals surface area contributed by atoms with Crippen LogP contribution in [-0.2, 0) is 6.54 Å². The van der Waals surface area contributed by atoms with Crippen LogP contribution in [0, 0.1) is 5.82 Å². The van der Waals surface area contributed by atoms with Crippen LogP contribution in [0.5, 0.6) is 0 Å². The van der Waals surface area contributed by atoms with E-state index in [1.165, 1.54) is 12.1 Å². The number of hydrogen-bond donors (Lipinski definition) is 0. The van der Waals surface area contributed by atoms with E-state index in [9.17, 15) is 9.18 Å². The van der Waals surface area contributed by atoms with Gasteiger partial charge in [-0.1, -0.05) is 26.0 Å². The molecule has 0 bridgehead atoms. The Morgan fingerprint density at radius 3 is 2.44 bits per heavy atom. The van der Waals surface area contributed by atoms with E-state index in [0.29, 0.717) is 10.8 Å². The first kappa shape index (κ1) is 17.6. The van der Waals surface area contributed by atoms with E-state index in [4.69, 9.17) is 0 Å². The minimum absolute atomic E-state index is 0.0931. The summed E-state index contributed by atoms with van der Waals surface area (Å²) in [6, 6.07) is 12.1. The average molecular weight is 340 g/mol. The van der Waals surface area contributed by atoms with Gasteiger partial charge in [0, 0.05) is 17.3 Å². The van der Waals surface area contributed by atoms with Gasteiger partial charge < -0.3 is 9.47 Å². The zero-order valence-electron chi connectivity index (χ0n) is 15.0. The standard InChI is InChI=1S/C21H25FN2O/c1-3-23(4-2)13-7-8-14-24-19-10-6-5-9-17(19)21(25)18-15-16(22)11-12-20(18)24/h5-6,9-12,15H,3-4,7-8,13-14H2,1-2H3. The number of pyridine rings is 1. The van der Waals surface area contributed by atoms with Crippen molar-refractivity contribution in [3.05, 3.63) is 58.5 Å². The van der Waals surface area contributed by atoms with E-state index >= 15 is 0 Å². The lowest BCUT2D eigenvalue weighted by atomic mass is 10.1. The molecule has 0 unspecified atom stereocenters. The second-order valence-corrected chi connectivity index (χ2v) is 6.39. The van der Waals surface area contributed by atoms with Crippen LogP contribution in [0.15, 0.2) is 47.3 Å². The first-order valence-corrected chi connectivity index (χ1v) is 9.08. The third-order valence-electron chi connectivity index (χ3n) is 4.93. The Kier molecular flexibility index (Phi) is 5.49. The van der Waals surface area contributed by atoms with Gasteiger partial charge >= 0.3 is 0 Å². The van der Waals surface area contributed by atoms with Gasteiger partial charge in [0.1, 0.15) is 5.82 Å². The molecule has 0 fully saturated rings. The van der Waals surface area contributed by atoms with Gasteiger partial charge in [-0.3, -0.25) is 4.79 Å². The number of benzene rings is 2. The number of aryl methyl sites for hydroxylation is 1. The van der Waals surface area contributed by atoms with Crippen molar-refractivity contribution in [1.82, 2.24) is 9.47 Å². The van der Waals surface area contributed by atoms with Crippen LogP contribution in [0.25, 0.3) is 21.8 Å². The number of unbranched alkanes of at least 4 members (excludes halogenated alkanes) is 1. The molecule has 1 aromatic heterocycles. The van der Waals surface area contributed by atoms with Crippen molar-refractivity contribution in [2.75, 3.05) is 19.6 Å². The van der Waals surface area contributed by atoms with E-state index in [2.05, 4.69) is 23.3 Å². The van der Waals surface area contributed by atoms with Crippen LogP contribution in [0.1, 0.15) is 26.7 Å². The summed E-state index contributed by atoms with van der Waals surface area (Å²) < 4.78 is 15.8. The third-order valence-corrected chi connectivity index (χ3v) is 4.93. The van der Waals surface area contributed by atoms with Crippen molar-refractivity contribution in [3.63, 3.8) is 0 Å². The number of aromatic nitrogens is 1. The Bertz CT molecular complexity index is 928. The number of hydrogen-bond acceptors (Lipinski definition) is 2. The van der Waals surface area contributed by atoms with Gasteiger partial charge in [0.2, 0.25) is 0 Å². The van der Waals surface area contributed by atoms with Gasteiger partial charge in [-0.15, -0.1) is 0 Å². The van der Waals surface area contributed by atoms with Crippen LogP contribution >= 0.6 is 0 Å². The highest BCUT2D eigenvalue weighted by Gasteiger charge is 2.11. The summed E-state index contributed by atoms with van der Waals surface area (Å²) in [5, 5.41) is 1.12. The van der Waals surface area contributed by atoms with Crippen molar-refractivity contribution >= 4 is 21.8 Å². The average Bonchev–Trinajstić information content (AvgIpc) is 2.64. The molecule has 1 heterocycles. The zero-order chi connectivity index (χ0) is 17.8. The molecule has 132 valence electrons. The van der Waals surface area contributed by atoms with E-state index in [0.717, 1.165) is 50.1 Å². The van der Waals surface area contributed by atoms with Gasteiger partial charge in [-0.25, -0.2) is 4.39 Å². The van der Waals surface area contributed by atoms with Gasteiger partial charge in [-0.2, -0.15) is 0 Å². The SMILES string of the molecule is CCN(CC)CCCCn1c2ccccc2c(=O)c2cc(F)ccc21. The number of rotatable bonds is 7. The quantitative estimate of drug-likeness (QED) is 0.470. The number of para-hydroxylation sites is 1. The number of halogens is 1. The lowest BCUT2D eigenvalue weighted by molar-refractivity contribution is 0.295.